The van der Waals surface area contributed by atoms with Gasteiger partial charge in [0.25, 0.3) is 0 Å². The van der Waals surface area contributed by atoms with Gasteiger partial charge in [-0.2, -0.15) is 0 Å². The third-order valence-electron chi connectivity index (χ3n) is 4.56. The van der Waals surface area contributed by atoms with Gasteiger partial charge in [0.1, 0.15) is 11.5 Å². The second-order valence-electron chi connectivity index (χ2n) is 5.59. The number of rotatable bonds is 4. The maximum atomic E-state index is 11.9. The van der Waals surface area contributed by atoms with Crippen molar-refractivity contribution in [1.29, 1.82) is 0 Å². The van der Waals surface area contributed by atoms with E-state index < -0.39 is 0 Å². The van der Waals surface area contributed by atoms with Crippen LogP contribution in [0.5, 0.6) is 5.75 Å². The molecule has 2 unspecified atom stereocenters. The molecule has 2 aliphatic rings. The average Bonchev–Trinajstić information content (AvgIpc) is 2.76. The number of hydrogen-bond donors (Lipinski definition) is 0. The summed E-state index contributed by atoms with van der Waals surface area (Å²) in [4.78, 5) is 14.3. The lowest BCUT2D eigenvalue weighted by atomic mass is 10.0. The average molecular weight is 259 g/mol. The van der Waals surface area contributed by atoms with Gasteiger partial charge >= 0.3 is 0 Å². The predicted molar refractivity (Wildman–Crippen MR) is 74.5 cm³/mol. The minimum absolute atomic E-state index is 0.219. The molecule has 1 aromatic rings. The first-order valence-electron chi connectivity index (χ1n) is 7.19. The normalized spacial score (nSPS) is 26.7. The molecular formula is C16H21NO2. The van der Waals surface area contributed by atoms with E-state index in [4.69, 9.17) is 4.74 Å². The minimum atomic E-state index is 0.219. The summed E-state index contributed by atoms with van der Waals surface area (Å²) in [5.41, 5.74) is 1.32. The standard InChI is InChI=1S/C16H21NO2/c1-19-14-6-2-12(3-7-14)10-11-17-13-4-8-15(17)16(18)9-5-13/h2-3,6-7,13,15H,4-5,8-11H2,1H3. The van der Waals surface area contributed by atoms with E-state index >= 15 is 0 Å². The van der Waals surface area contributed by atoms with Crippen molar-refractivity contribution in [3.05, 3.63) is 29.8 Å². The zero-order chi connectivity index (χ0) is 13.2. The smallest absolute Gasteiger partial charge is 0.150 e. The fourth-order valence-corrected chi connectivity index (χ4v) is 3.46. The van der Waals surface area contributed by atoms with E-state index in [-0.39, 0.29) is 6.04 Å². The molecule has 2 bridgehead atoms. The third kappa shape index (κ3) is 2.52. The van der Waals surface area contributed by atoms with Gasteiger partial charge < -0.3 is 4.74 Å². The maximum Gasteiger partial charge on any atom is 0.150 e. The van der Waals surface area contributed by atoms with Crippen LogP contribution in [-0.2, 0) is 11.2 Å². The Morgan fingerprint density at radius 1 is 1.21 bits per heavy atom. The van der Waals surface area contributed by atoms with Crippen LogP contribution in [0.1, 0.15) is 31.2 Å². The van der Waals surface area contributed by atoms with E-state index in [1.807, 2.05) is 12.1 Å². The molecule has 0 saturated carbocycles. The molecule has 2 atom stereocenters. The highest BCUT2D eigenvalue weighted by Crippen LogP contribution is 2.33. The van der Waals surface area contributed by atoms with Crippen LogP contribution in [0.3, 0.4) is 0 Å². The van der Waals surface area contributed by atoms with E-state index in [0.717, 1.165) is 38.0 Å². The lowest BCUT2D eigenvalue weighted by molar-refractivity contribution is -0.126. The van der Waals surface area contributed by atoms with Crippen molar-refractivity contribution in [2.24, 2.45) is 0 Å². The molecular weight excluding hydrogens is 238 g/mol. The number of piperidine rings is 1. The summed E-state index contributed by atoms with van der Waals surface area (Å²) in [5, 5.41) is 0. The van der Waals surface area contributed by atoms with Gasteiger partial charge in [0, 0.05) is 19.0 Å². The predicted octanol–water partition coefficient (Wildman–Crippen LogP) is 2.43. The number of benzene rings is 1. The Bertz CT molecular complexity index is 454. The molecule has 0 spiro atoms. The molecule has 3 heteroatoms. The van der Waals surface area contributed by atoms with Gasteiger partial charge in [0.05, 0.1) is 13.2 Å². The van der Waals surface area contributed by atoms with Gasteiger partial charge in [-0.3, -0.25) is 9.69 Å². The molecule has 0 amide bonds. The number of hydrogen-bond acceptors (Lipinski definition) is 3. The van der Waals surface area contributed by atoms with Crippen molar-refractivity contribution in [1.82, 2.24) is 4.90 Å². The fourth-order valence-electron chi connectivity index (χ4n) is 3.46. The Labute approximate surface area is 114 Å². The molecule has 19 heavy (non-hydrogen) atoms. The molecule has 3 nitrogen and oxygen atoms in total. The first-order chi connectivity index (χ1) is 9.28. The first-order valence-corrected chi connectivity index (χ1v) is 7.19. The van der Waals surface area contributed by atoms with Gasteiger partial charge in [0.2, 0.25) is 0 Å². The number of ketones is 1. The molecule has 0 aromatic heterocycles. The van der Waals surface area contributed by atoms with Crippen LogP contribution in [0.25, 0.3) is 0 Å². The number of carbonyl (C=O) groups excluding carboxylic acids is 1. The van der Waals surface area contributed by atoms with Crippen LogP contribution < -0.4 is 4.74 Å². The molecule has 0 radical (unpaired) electrons. The second-order valence-corrected chi connectivity index (χ2v) is 5.59. The van der Waals surface area contributed by atoms with Gasteiger partial charge in [-0.1, -0.05) is 12.1 Å². The molecule has 0 N–H and O–H groups in total. The topological polar surface area (TPSA) is 29.5 Å². The Balaban J connectivity index is 1.61. The van der Waals surface area contributed by atoms with Crippen LogP contribution in [0.4, 0.5) is 0 Å². The third-order valence-corrected chi connectivity index (χ3v) is 4.56. The monoisotopic (exact) mass is 259 g/mol. The number of ether oxygens (including phenoxy) is 1. The zero-order valence-corrected chi connectivity index (χ0v) is 11.5. The summed E-state index contributed by atoms with van der Waals surface area (Å²) in [6.45, 7) is 1.01. The molecule has 1 aromatic carbocycles. The van der Waals surface area contributed by atoms with Crippen molar-refractivity contribution >= 4 is 5.78 Å². The van der Waals surface area contributed by atoms with Gasteiger partial charge in [-0.05, 0) is 43.4 Å². The molecule has 0 aliphatic carbocycles. The number of carbonyl (C=O) groups is 1. The molecule has 3 rings (SSSR count). The second kappa shape index (κ2) is 5.33. The number of fused-ring (bicyclic) bond motifs is 2. The van der Waals surface area contributed by atoms with Crippen LogP contribution in [0.15, 0.2) is 24.3 Å². The Kier molecular flexibility index (Phi) is 3.56. The van der Waals surface area contributed by atoms with Crippen LogP contribution in [0.2, 0.25) is 0 Å². The summed E-state index contributed by atoms with van der Waals surface area (Å²) < 4.78 is 5.17. The highest BCUT2D eigenvalue weighted by atomic mass is 16.5. The number of nitrogens with zero attached hydrogens (tertiary/aromatic N) is 1. The molecule has 102 valence electrons. The van der Waals surface area contributed by atoms with Gasteiger partial charge in [-0.15, -0.1) is 0 Å². The summed E-state index contributed by atoms with van der Waals surface area (Å²) in [6, 6.07) is 9.12. The highest BCUT2D eigenvalue weighted by molar-refractivity contribution is 5.85. The lowest BCUT2D eigenvalue weighted by Crippen LogP contribution is -2.45. The molecule has 2 aliphatic heterocycles. The maximum absolute atomic E-state index is 11.9. The summed E-state index contributed by atoms with van der Waals surface area (Å²) in [6.07, 6.45) is 5.17. The number of methoxy groups -OCH3 is 1. The van der Waals surface area contributed by atoms with E-state index in [9.17, 15) is 4.79 Å². The first kappa shape index (κ1) is 12.7. The number of Topliss-reactive ketones (excluding diaryl/α,β-unsaturated/α-hetero) is 1. The van der Waals surface area contributed by atoms with Crippen LogP contribution in [-0.4, -0.2) is 36.4 Å². The fraction of sp³-hybridized carbons (Fsp3) is 0.562. The largest absolute Gasteiger partial charge is 0.497 e. The molecule has 2 saturated heterocycles. The lowest BCUT2D eigenvalue weighted by Gasteiger charge is -2.33. The molecule has 2 fully saturated rings. The Morgan fingerprint density at radius 2 is 2.00 bits per heavy atom. The van der Waals surface area contributed by atoms with Crippen molar-refractivity contribution in [2.75, 3.05) is 13.7 Å². The van der Waals surface area contributed by atoms with E-state index in [0.29, 0.717) is 11.8 Å². The Morgan fingerprint density at radius 3 is 2.74 bits per heavy atom. The van der Waals surface area contributed by atoms with Crippen LogP contribution >= 0.6 is 0 Å². The SMILES string of the molecule is COc1ccc(CCN2C3CCC(=O)C2CC3)cc1. The van der Waals surface area contributed by atoms with Crippen molar-refractivity contribution in [3.8, 4) is 5.75 Å². The van der Waals surface area contributed by atoms with Crippen molar-refractivity contribution in [2.45, 2.75) is 44.2 Å². The quantitative estimate of drug-likeness (QED) is 0.831. The van der Waals surface area contributed by atoms with Crippen LogP contribution in [0, 0.1) is 0 Å². The summed E-state index contributed by atoms with van der Waals surface area (Å²) in [5.74, 6) is 1.36. The molecule has 2 heterocycles. The van der Waals surface area contributed by atoms with Gasteiger partial charge in [-0.25, -0.2) is 0 Å². The van der Waals surface area contributed by atoms with Crippen molar-refractivity contribution < 1.29 is 9.53 Å². The van der Waals surface area contributed by atoms with Crippen molar-refractivity contribution in [3.63, 3.8) is 0 Å². The van der Waals surface area contributed by atoms with E-state index in [1.54, 1.807) is 7.11 Å². The minimum Gasteiger partial charge on any atom is -0.497 e. The summed E-state index contributed by atoms with van der Waals surface area (Å²) in [7, 11) is 1.69. The van der Waals surface area contributed by atoms with Gasteiger partial charge in [0.15, 0.2) is 0 Å². The van der Waals surface area contributed by atoms with E-state index in [1.165, 1.54) is 12.0 Å². The zero-order valence-electron chi connectivity index (χ0n) is 11.5. The Hall–Kier alpha value is -1.35. The highest BCUT2D eigenvalue weighted by Gasteiger charge is 2.40. The summed E-state index contributed by atoms with van der Waals surface area (Å²) >= 11 is 0. The van der Waals surface area contributed by atoms with E-state index in [2.05, 4.69) is 17.0 Å².